The van der Waals surface area contributed by atoms with E-state index in [2.05, 4.69) is 5.16 Å². The van der Waals surface area contributed by atoms with Crippen LogP contribution in [-0.2, 0) is 16.2 Å². The summed E-state index contributed by atoms with van der Waals surface area (Å²) in [5.41, 5.74) is 1.34. The number of nitrogens with zero attached hydrogens (tertiary/aromatic N) is 1. The molecule has 126 valence electrons. The molecule has 0 aliphatic carbocycles. The molecule has 0 N–H and O–H groups in total. The highest BCUT2D eigenvalue weighted by molar-refractivity contribution is 6.34. The van der Waals surface area contributed by atoms with Crippen molar-refractivity contribution in [3.63, 3.8) is 0 Å². The van der Waals surface area contributed by atoms with E-state index in [4.69, 9.17) is 32.8 Å². The smallest absolute Gasteiger partial charge is 0.163 e. The topological polar surface area (TPSA) is 30.8 Å². The zero-order chi connectivity index (χ0) is 17.2. The van der Waals surface area contributed by atoms with E-state index < -0.39 is 5.60 Å². The van der Waals surface area contributed by atoms with E-state index in [-0.39, 0.29) is 19.0 Å². The molecule has 1 aliphatic rings. The summed E-state index contributed by atoms with van der Waals surface area (Å²) in [4.78, 5) is 5.54. The first-order chi connectivity index (χ1) is 11.5. The van der Waals surface area contributed by atoms with Crippen LogP contribution >= 0.6 is 23.2 Å². The van der Waals surface area contributed by atoms with Gasteiger partial charge in [0.25, 0.3) is 0 Å². The van der Waals surface area contributed by atoms with Crippen LogP contribution in [0.1, 0.15) is 24.5 Å². The Morgan fingerprint density at radius 2 is 1.92 bits per heavy atom. The van der Waals surface area contributed by atoms with Gasteiger partial charge in [-0.2, -0.15) is 0 Å². The fraction of sp³-hybridized carbons (Fsp3) is 0.278. The van der Waals surface area contributed by atoms with Crippen LogP contribution in [0.15, 0.2) is 47.6 Å². The molecule has 0 aromatic heterocycles. The van der Waals surface area contributed by atoms with E-state index in [1.165, 1.54) is 6.07 Å². The van der Waals surface area contributed by atoms with Crippen molar-refractivity contribution in [2.75, 3.05) is 6.61 Å². The quantitative estimate of drug-likeness (QED) is 0.723. The number of oxime groups is 1. The summed E-state index contributed by atoms with van der Waals surface area (Å²) in [6.45, 7) is 2.23. The van der Waals surface area contributed by atoms with Gasteiger partial charge >= 0.3 is 0 Å². The minimum atomic E-state index is -0.619. The largest absolute Gasteiger partial charge is 0.386 e. The Morgan fingerprint density at radius 1 is 1.17 bits per heavy atom. The third-order valence-electron chi connectivity index (χ3n) is 3.82. The Hall–Kier alpha value is -1.62. The maximum Gasteiger partial charge on any atom is 0.163 e. The van der Waals surface area contributed by atoms with Crippen LogP contribution in [-0.4, -0.2) is 17.9 Å². The third-order valence-corrected chi connectivity index (χ3v) is 4.50. The van der Waals surface area contributed by atoms with Crippen LogP contribution < -0.4 is 0 Å². The lowest BCUT2D eigenvalue weighted by Crippen LogP contribution is -2.31. The second-order valence-corrected chi connectivity index (χ2v) is 6.74. The molecule has 1 atom stereocenters. The zero-order valence-corrected chi connectivity index (χ0v) is 14.6. The second kappa shape index (κ2) is 7.09. The molecule has 0 spiro atoms. The minimum Gasteiger partial charge on any atom is -0.386 e. The number of rotatable bonds is 5. The predicted octanol–water partition coefficient (Wildman–Crippen LogP) is 5.23. The average molecular weight is 368 g/mol. The third kappa shape index (κ3) is 3.72. The fourth-order valence-electron chi connectivity index (χ4n) is 2.54. The first kappa shape index (κ1) is 17.2. The number of benzene rings is 2. The molecule has 0 saturated heterocycles. The Kier molecular flexibility index (Phi) is 5.09. The van der Waals surface area contributed by atoms with Gasteiger partial charge in [0, 0.05) is 27.6 Å². The van der Waals surface area contributed by atoms with E-state index in [1.807, 2.05) is 31.2 Å². The van der Waals surface area contributed by atoms with Gasteiger partial charge in [-0.15, -0.1) is 0 Å². The molecule has 2 aromatic carbocycles. The van der Waals surface area contributed by atoms with Gasteiger partial charge in [0.15, 0.2) is 5.60 Å². The molecule has 0 radical (unpaired) electrons. The lowest BCUT2D eigenvalue weighted by Gasteiger charge is -2.21. The molecule has 3 rings (SSSR count). The number of halogens is 3. The zero-order valence-electron chi connectivity index (χ0n) is 13.1. The lowest BCUT2D eigenvalue weighted by molar-refractivity contribution is -0.0713. The Morgan fingerprint density at radius 3 is 2.67 bits per heavy atom. The lowest BCUT2D eigenvalue weighted by atomic mass is 9.97. The van der Waals surface area contributed by atoms with Crippen LogP contribution in [0, 0.1) is 5.82 Å². The normalized spacial score (nSPS) is 19.9. The van der Waals surface area contributed by atoms with Crippen LogP contribution in [0.3, 0.4) is 0 Å². The SMILES string of the molecule is CC1(COCc2c(F)cccc2Cl)CC(c2ccccc2Cl)=NO1. The summed E-state index contributed by atoms with van der Waals surface area (Å²) in [5.74, 6) is -0.381. The van der Waals surface area contributed by atoms with Gasteiger partial charge < -0.3 is 9.57 Å². The molecule has 0 fully saturated rings. The Balaban J connectivity index is 1.60. The molecule has 24 heavy (non-hydrogen) atoms. The molecule has 6 heteroatoms. The predicted molar refractivity (Wildman–Crippen MR) is 93.2 cm³/mol. The van der Waals surface area contributed by atoms with Crippen molar-refractivity contribution in [2.24, 2.45) is 5.16 Å². The van der Waals surface area contributed by atoms with Gasteiger partial charge in [-0.25, -0.2) is 4.39 Å². The number of hydrogen-bond acceptors (Lipinski definition) is 3. The van der Waals surface area contributed by atoms with Gasteiger partial charge in [-0.05, 0) is 25.1 Å². The van der Waals surface area contributed by atoms with Gasteiger partial charge in [-0.3, -0.25) is 0 Å². The van der Waals surface area contributed by atoms with Crippen LogP contribution in [0.25, 0.3) is 0 Å². The van der Waals surface area contributed by atoms with Crippen molar-refractivity contribution >= 4 is 28.9 Å². The van der Waals surface area contributed by atoms with E-state index in [9.17, 15) is 4.39 Å². The number of ether oxygens (including phenoxy) is 1. The molecule has 1 aliphatic heterocycles. The highest BCUT2D eigenvalue weighted by atomic mass is 35.5. The van der Waals surface area contributed by atoms with Crippen LogP contribution in [0.4, 0.5) is 4.39 Å². The van der Waals surface area contributed by atoms with Crippen LogP contribution in [0.5, 0.6) is 0 Å². The average Bonchev–Trinajstić information content (AvgIpc) is 2.93. The molecule has 0 saturated carbocycles. The van der Waals surface area contributed by atoms with Crippen molar-refractivity contribution in [2.45, 2.75) is 25.6 Å². The van der Waals surface area contributed by atoms with Crippen molar-refractivity contribution < 1.29 is 14.0 Å². The van der Waals surface area contributed by atoms with E-state index >= 15 is 0 Å². The molecule has 1 heterocycles. The summed E-state index contributed by atoms with van der Waals surface area (Å²) in [6.07, 6.45) is 0.557. The molecule has 3 nitrogen and oxygen atoms in total. The molecular formula is C18H16Cl2FNO2. The van der Waals surface area contributed by atoms with Crippen LogP contribution in [0.2, 0.25) is 10.0 Å². The summed E-state index contributed by atoms with van der Waals surface area (Å²) < 4.78 is 19.4. The highest BCUT2D eigenvalue weighted by Crippen LogP contribution is 2.30. The summed E-state index contributed by atoms with van der Waals surface area (Å²) >= 11 is 12.2. The molecule has 0 amide bonds. The maximum atomic E-state index is 13.7. The molecule has 2 aromatic rings. The Labute approximate surface area is 150 Å². The first-order valence-corrected chi connectivity index (χ1v) is 8.25. The van der Waals surface area contributed by atoms with Gasteiger partial charge in [0.05, 0.1) is 18.9 Å². The minimum absolute atomic E-state index is 0.0753. The molecule has 1 unspecified atom stereocenters. The summed E-state index contributed by atoms with van der Waals surface area (Å²) in [7, 11) is 0. The maximum absolute atomic E-state index is 13.7. The van der Waals surface area contributed by atoms with E-state index in [0.29, 0.717) is 22.0 Å². The summed E-state index contributed by atoms with van der Waals surface area (Å²) in [6, 6.07) is 12.0. The first-order valence-electron chi connectivity index (χ1n) is 7.49. The van der Waals surface area contributed by atoms with Gasteiger partial charge in [0.2, 0.25) is 0 Å². The molecular weight excluding hydrogens is 352 g/mol. The Bertz CT molecular complexity index is 761. The monoisotopic (exact) mass is 367 g/mol. The van der Waals surface area contributed by atoms with E-state index in [1.54, 1.807) is 12.1 Å². The number of hydrogen-bond donors (Lipinski definition) is 0. The standard InChI is InChI=1S/C18H16Cl2FNO2/c1-18(11-23-10-13-15(20)7-4-8-16(13)21)9-17(22-24-18)12-5-2-3-6-14(12)19/h2-8H,9-11H2,1H3. The van der Waals surface area contributed by atoms with Crippen molar-refractivity contribution in [1.29, 1.82) is 0 Å². The molecule has 0 bridgehead atoms. The second-order valence-electron chi connectivity index (χ2n) is 5.93. The van der Waals surface area contributed by atoms with Crippen molar-refractivity contribution in [3.8, 4) is 0 Å². The summed E-state index contributed by atoms with van der Waals surface area (Å²) in [5, 5.41) is 5.11. The van der Waals surface area contributed by atoms with Gasteiger partial charge in [-0.1, -0.05) is 52.6 Å². The van der Waals surface area contributed by atoms with Crippen molar-refractivity contribution in [3.05, 3.63) is 69.5 Å². The fourth-order valence-corrected chi connectivity index (χ4v) is 3.00. The van der Waals surface area contributed by atoms with Crippen molar-refractivity contribution in [1.82, 2.24) is 0 Å². The van der Waals surface area contributed by atoms with E-state index in [0.717, 1.165) is 11.3 Å². The highest BCUT2D eigenvalue weighted by Gasteiger charge is 2.35. The van der Waals surface area contributed by atoms with Gasteiger partial charge in [0.1, 0.15) is 5.82 Å².